The summed E-state index contributed by atoms with van der Waals surface area (Å²) in [6, 6.07) is 8.13. The monoisotopic (exact) mass is 297 g/mol. The first-order chi connectivity index (χ1) is 9.56. The molecule has 5 heteroatoms. The predicted octanol–water partition coefficient (Wildman–Crippen LogP) is 2.31. The van der Waals surface area contributed by atoms with Gasteiger partial charge in [0.05, 0.1) is 18.1 Å². The number of hydrogen-bond acceptors (Lipinski definition) is 4. The first-order valence-electron chi connectivity index (χ1n) is 7.15. The Bertz CT molecular complexity index is 525. The van der Waals surface area contributed by atoms with E-state index < -0.39 is 9.84 Å². The molecule has 1 aliphatic heterocycles. The predicted molar refractivity (Wildman–Crippen MR) is 80.8 cm³/mol. The molecule has 0 saturated carbocycles. The van der Waals surface area contributed by atoms with Crippen molar-refractivity contribution < 1.29 is 13.2 Å². The summed E-state index contributed by atoms with van der Waals surface area (Å²) >= 11 is 0. The highest BCUT2D eigenvalue weighted by atomic mass is 32.2. The molecular weight excluding hydrogens is 274 g/mol. The van der Waals surface area contributed by atoms with Gasteiger partial charge in [-0.05, 0) is 37.0 Å². The number of hydrogen-bond donors (Lipinski definition) is 1. The van der Waals surface area contributed by atoms with Gasteiger partial charge in [-0.15, -0.1) is 0 Å². The normalized spacial score (nSPS) is 22.6. The van der Waals surface area contributed by atoms with Crippen LogP contribution in [0, 0.1) is 0 Å². The van der Waals surface area contributed by atoms with Crippen molar-refractivity contribution >= 4 is 9.84 Å². The lowest BCUT2D eigenvalue weighted by Gasteiger charge is -2.20. The van der Waals surface area contributed by atoms with Crippen molar-refractivity contribution in [2.45, 2.75) is 37.5 Å². The molecule has 1 saturated heterocycles. The van der Waals surface area contributed by atoms with Crippen molar-refractivity contribution in [2.75, 3.05) is 19.4 Å². The zero-order valence-corrected chi connectivity index (χ0v) is 12.9. The fourth-order valence-electron chi connectivity index (χ4n) is 2.70. The standard InChI is InChI=1S/C15H23NO3S/c1-3-15(12-6-8-13(19-2)9-7-12)16-11-14-5-4-10-20(14,17)18/h6-9,14-16H,3-5,10-11H2,1-2H3. The van der Waals surface area contributed by atoms with E-state index in [9.17, 15) is 8.42 Å². The lowest BCUT2D eigenvalue weighted by molar-refractivity contribution is 0.414. The van der Waals surface area contributed by atoms with Crippen LogP contribution in [0.15, 0.2) is 24.3 Å². The number of rotatable bonds is 6. The smallest absolute Gasteiger partial charge is 0.154 e. The molecule has 0 aromatic heterocycles. The molecule has 2 rings (SSSR count). The maximum absolute atomic E-state index is 11.8. The average Bonchev–Trinajstić information content (AvgIpc) is 2.79. The van der Waals surface area contributed by atoms with Crippen LogP contribution in [0.3, 0.4) is 0 Å². The molecule has 0 aliphatic carbocycles. The molecule has 4 nitrogen and oxygen atoms in total. The maximum Gasteiger partial charge on any atom is 0.154 e. The minimum absolute atomic E-state index is 0.191. The van der Waals surface area contributed by atoms with Gasteiger partial charge < -0.3 is 10.1 Å². The van der Waals surface area contributed by atoms with E-state index in [1.165, 1.54) is 5.56 Å². The molecule has 0 spiro atoms. The van der Waals surface area contributed by atoms with Crippen LogP contribution in [0.2, 0.25) is 0 Å². The van der Waals surface area contributed by atoms with Gasteiger partial charge in [0, 0.05) is 12.6 Å². The third-order valence-corrected chi connectivity index (χ3v) is 6.26. The highest BCUT2D eigenvalue weighted by Gasteiger charge is 2.31. The topological polar surface area (TPSA) is 55.4 Å². The Morgan fingerprint density at radius 1 is 1.35 bits per heavy atom. The Labute approximate surface area is 121 Å². The van der Waals surface area contributed by atoms with E-state index in [1.807, 2.05) is 24.3 Å². The second kappa shape index (κ2) is 6.59. The number of sulfone groups is 1. The Balaban J connectivity index is 1.98. The summed E-state index contributed by atoms with van der Waals surface area (Å²) in [5.74, 6) is 1.18. The molecule has 112 valence electrons. The highest BCUT2D eigenvalue weighted by Crippen LogP contribution is 2.23. The summed E-state index contributed by atoms with van der Waals surface area (Å²) < 4.78 is 28.8. The lowest BCUT2D eigenvalue weighted by atomic mass is 10.0. The number of benzene rings is 1. The van der Waals surface area contributed by atoms with E-state index in [-0.39, 0.29) is 11.3 Å². The number of ether oxygens (including phenoxy) is 1. The third kappa shape index (κ3) is 3.52. The van der Waals surface area contributed by atoms with Crippen LogP contribution in [0.5, 0.6) is 5.75 Å². The van der Waals surface area contributed by atoms with Crippen LogP contribution in [0.1, 0.15) is 37.8 Å². The molecule has 1 aromatic carbocycles. The van der Waals surface area contributed by atoms with Crippen LogP contribution >= 0.6 is 0 Å². The van der Waals surface area contributed by atoms with Gasteiger partial charge in [-0.25, -0.2) is 8.42 Å². The van der Waals surface area contributed by atoms with Crippen LogP contribution in [0.25, 0.3) is 0 Å². The van der Waals surface area contributed by atoms with Crippen molar-refractivity contribution in [2.24, 2.45) is 0 Å². The SMILES string of the molecule is CCC(NCC1CCCS1(=O)=O)c1ccc(OC)cc1. The van der Waals surface area contributed by atoms with Gasteiger partial charge in [0.1, 0.15) is 5.75 Å². The van der Waals surface area contributed by atoms with Gasteiger partial charge in [0.15, 0.2) is 9.84 Å². The molecule has 1 aromatic rings. The molecule has 2 unspecified atom stereocenters. The Kier molecular flexibility index (Phi) is 5.05. The first kappa shape index (κ1) is 15.3. The third-order valence-electron chi connectivity index (χ3n) is 3.98. The second-order valence-electron chi connectivity index (χ2n) is 5.27. The summed E-state index contributed by atoms with van der Waals surface area (Å²) in [7, 11) is -1.22. The largest absolute Gasteiger partial charge is 0.497 e. The van der Waals surface area contributed by atoms with E-state index in [0.717, 1.165) is 25.0 Å². The van der Waals surface area contributed by atoms with Crippen molar-refractivity contribution in [1.82, 2.24) is 5.32 Å². The van der Waals surface area contributed by atoms with Gasteiger partial charge in [-0.3, -0.25) is 0 Å². The van der Waals surface area contributed by atoms with E-state index >= 15 is 0 Å². The lowest BCUT2D eigenvalue weighted by Crippen LogP contribution is -2.33. The van der Waals surface area contributed by atoms with Gasteiger partial charge in [0.2, 0.25) is 0 Å². The Morgan fingerprint density at radius 3 is 2.55 bits per heavy atom. The molecule has 1 N–H and O–H groups in total. The van der Waals surface area contributed by atoms with Crippen molar-refractivity contribution in [3.63, 3.8) is 0 Å². The molecule has 20 heavy (non-hydrogen) atoms. The van der Waals surface area contributed by atoms with Gasteiger partial charge in [-0.2, -0.15) is 0 Å². The van der Waals surface area contributed by atoms with Gasteiger partial charge in [-0.1, -0.05) is 19.1 Å². The molecule has 0 radical (unpaired) electrons. The summed E-state index contributed by atoms with van der Waals surface area (Å²) in [5.41, 5.74) is 1.17. The van der Waals surface area contributed by atoms with Gasteiger partial charge in [0.25, 0.3) is 0 Å². The Hall–Kier alpha value is -1.07. The fraction of sp³-hybridized carbons (Fsp3) is 0.600. The molecule has 0 amide bonds. The van der Waals surface area contributed by atoms with Gasteiger partial charge >= 0.3 is 0 Å². The van der Waals surface area contributed by atoms with Crippen molar-refractivity contribution in [3.8, 4) is 5.75 Å². The van der Waals surface area contributed by atoms with Crippen LogP contribution in [0.4, 0.5) is 0 Å². The zero-order valence-electron chi connectivity index (χ0n) is 12.1. The molecule has 0 bridgehead atoms. The molecule has 2 atom stereocenters. The zero-order chi connectivity index (χ0) is 14.6. The number of nitrogens with one attached hydrogen (secondary N) is 1. The molecular formula is C15H23NO3S. The van der Waals surface area contributed by atoms with Crippen LogP contribution in [-0.4, -0.2) is 33.1 Å². The van der Waals surface area contributed by atoms with Crippen molar-refractivity contribution in [3.05, 3.63) is 29.8 Å². The quantitative estimate of drug-likeness (QED) is 0.875. The van der Waals surface area contributed by atoms with Crippen LogP contribution < -0.4 is 10.1 Å². The summed E-state index contributed by atoms with van der Waals surface area (Å²) in [4.78, 5) is 0. The number of methoxy groups -OCH3 is 1. The average molecular weight is 297 g/mol. The molecule has 1 aliphatic rings. The van der Waals surface area contributed by atoms with Crippen LogP contribution in [-0.2, 0) is 9.84 Å². The van der Waals surface area contributed by atoms with E-state index in [2.05, 4.69) is 12.2 Å². The van der Waals surface area contributed by atoms with Crippen molar-refractivity contribution in [1.29, 1.82) is 0 Å². The molecule has 1 heterocycles. The summed E-state index contributed by atoms with van der Waals surface area (Å²) in [5, 5.41) is 3.19. The minimum Gasteiger partial charge on any atom is -0.497 e. The summed E-state index contributed by atoms with van der Waals surface area (Å²) in [6.07, 6.45) is 2.52. The highest BCUT2D eigenvalue weighted by molar-refractivity contribution is 7.92. The Morgan fingerprint density at radius 2 is 2.05 bits per heavy atom. The van der Waals surface area contributed by atoms with E-state index in [4.69, 9.17) is 4.74 Å². The molecule has 1 fully saturated rings. The van der Waals surface area contributed by atoms with E-state index in [1.54, 1.807) is 7.11 Å². The minimum atomic E-state index is -2.87. The van der Waals surface area contributed by atoms with E-state index in [0.29, 0.717) is 12.3 Å². The first-order valence-corrected chi connectivity index (χ1v) is 8.87. The maximum atomic E-state index is 11.8. The summed E-state index contributed by atoms with van der Waals surface area (Å²) in [6.45, 7) is 2.65. The second-order valence-corrected chi connectivity index (χ2v) is 7.67. The fourth-order valence-corrected chi connectivity index (χ4v) is 4.47.